The number of aryl methyl sites for hydroxylation is 1. The minimum Gasteiger partial charge on any atom is -0.461 e. The first-order valence-electron chi connectivity index (χ1n) is 5.14. The molecule has 16 heavy (non-hydrogen) atoms. The molecule has 1 rings (SSSR count). The molecule has 1 amide bonds. The number of nitrogens with two attached hydrogens (primary N) is 1. The summed E-state index contributed by atoms with van der Waals surface area (Å²) in [6.07, 6.45) is 0.796. The van der Waals surface area contributed by atoms with Crippen LogP contribution in [0.15, 0.2) is 6.07 Å². The van der Waals surface area contributed by atoms with Crippen LogP contribution in [0.5, 0.6) is 0 Å². The zero-order chi connectivity index (χ0) is 12.1. The number of nitrogens with zero attached hydrogens (tertiary/aromatic N) is 2. The number of carbonyl (C=O) groups excluding carboxylic acids is 2. The van der Waals surface area contributed by atoms with E-state index in [0.29, 0.717) is 6.54 Å². The van der Waals surface area contributed by atoms with Gasteiger partial charge in [0.25, 0.3) is 5.91 Å². The van der Waals surface area contributed by atoms with E-state index in [4.69, 9.17) is 10.5 Å². The van der Waals surface area contributed by atoms with Crippen molar-refractivity contribution >= 4 is 11.9 Å². The lowest BCUT2D eigenvalue weighted by Crippen LogP contribution is -2.17. The van der Waals surface area contributed by atoms with Gasteiger partial charge in [0, 0.05) is 12.6 Å². The molecule has 0 saturated carbocycles. The van der Waals surface area contributed by atoms with Gasteiger partial charge in [-0.25, -0.2) is 4.79 Å². The first kappa shape index (κ1) is 12.2. The highest BCUT2D eigenvalue weighted by atomic mass is 16.5. The summed E-state index contributed by atoms with van der Waals surface area (Å²) in [5, 5.41) is 3.98. The van der Waals surface area contributed by atoms with Gasteiger partial charge in [-0.05, 0) is 13.3 Å². The average Bonchev–Trinajstić information content (AvgIpc) is 2.63. The van der Waals surface area contributed by atoms with Crippen LogP contribution in [0.2, 0.25) is 0 Å². The van der Waals surface area contributed by atoms with E-state index in [1.165, 1.54) is 10.7 Å². The van der Waals surface area contributed by atoms with E-state index >= 15 is 0 Å². The monoisotopic (exact) mass is 225 g/mol. The van der Waals surface area contributed by atoms with Crippen LogP contribution in [0.3, 0.4) is 0 Å². The maximum Gasteiger partial charge on any atom is 0.358 e. The molecule has 6 heteroatoms. The fourth-order valence-electron chi connectivity index (χ4n) is 1.30. The average molecular weight is 225 g/mol. The molecule has 0 aliphatic carbocycles. The molecule has 6 nitrogen and oxygen atoms in total. The van der Waals surface area contributed by atoms with Gasteiger partial charge in [-0.15, -0.1) is 0 Å². The number of hydrogen-bond donors (Lipinski definition) is 1. The Morgan fingerprint density at radius 3 is 2.69 bits per heavy atom. The second kappa shape index (κ2) is 5.29. The van der Waals surface area contributed by atoms with Crippen molar-refractivity contribution in [1.82, 2.24) is 9.78 Å². The lowest BCUT2D eigenvalue weighted by molar-refractivity contribution is 0.0518. The number of carbonyl (C=O) groups is 2. The minimum absolute atomic E-state index is 0.115. The van der Waals surface area contributed by atoms with Crippen LogP contribution in [0.4, 0.5) is 0 Å². The van der Waals surface area contributed by atoms with Crippen molar-refractivity contribution in [3.8, 4) is 0 Å². The van der Waals surface area contributed by atoms with Gasteiger partial charge in [0.15, 0.2) is 5.69 Å². The van der Waals surface area contributed by atoms with E-state index < -0.39 is 11.9 Å². The summed E-state index contributed by atoms with van der Waals surface area (Å²) < 4.78 is 6.21. The first-order valence-corrected chi connectivity index (χ1v) is 5.14. The molecule has 0 fully saturated rings. The molecule has 2 N–H and O–H groups in total. The molecule has 0 unspecified atom stereocenters. The standard InChI is InChI=1S/C10H15N3O3/c1-3-5-13-8(9(11)14)6-7(12-13)10(15)16-4-2/h6H,3-5H2,1-2H3,(H2,11,14). The van der Waals surface area contributed by atoms with E-state index in [9.17, 15) is 9.59 Å². The lowest BCUT2D eigenvalue weighted by Gasteiger charge is -2.01. The van der Waals surface area contributed by atoms with Crippen LogP contribution in [0.1, 0.15) is 41.2 Å². The molecule has 0 radical (unpaired) electrons. The van der Waals surface area contributed by atoms with Gasteiger partial charge < -0.3 is 10.5 Å². The molecular formula is C10H15N3O3. The molecule has 0 atom stereocenters. The normalized spacial score (nSPS) is 10.1. The molecule has 88 valence electrons. The summed E-state index contributed by atoms with van der Waals surface area (Å²) in [6, 6.07) is 1.36. The molecule has 0 aliphatic rings. The Bertz CT molecular complexity index is 398. The number of amides is 1. The molecule has 1 heterocycles. The highest BCUT2D eigenvalue weighted by Gasteiger charge is 2.17. The SMILES string of the molecule is CCCn1nc(C(=O)OCC)cc1C(N)=O. The zero-order valence-electron chi connectivity index (χ0n) is 9.40. The first-order chi connectivity index (χ1) is 7.60. The molecule has 0 aliphatic heterocycles. The number of primary amides is 1. The predicted octanol–water partition coefficient (Wildman–Crippen LogP) is 0.569. The summed E-state index contributed by atoms with van der Waals surface area (Å²) in [4.78, 5) is 22.5. The summed E-state index contributed by atoms with van der Waals surface area (Å²) >= 11 is 0. The van der Waals surface area contributed by atoms with Crippen molar-refractivity contribution in [2.75, 3.05) is 6.61 Å². The minimum atomic E-state index is -0.600. The van der Waals surface area contributed by atoms with Crippen LogP contribution < -0.4 is 5.73 Å². The Balaban J connectivity index is 3.00. The van der Waals surface area contributed by atoms with E-state index in [1.54, 1.807) is 6.92 Å². The van der Waals surface area contributed by atoms with Gasteiger partial charge in [0.05, 0.1) is 6.61 Å². The van der Waals surface area contributed by atoms with Gasteiger partial charge >= 0.3 is 5.97 Å². The Morgan fingerprint density at radius 1 is 1.50 bits per heavy atom. The number of aromatic nitrogens is 2. The predicted molar refractivity (Wildman–Crippen MR) is 57.0 cm³/mol. The third-order valence-corrected chi connectivity index (χ3v) is 1.95. The molecule has 1 aromatic rings. The van der Waals surface area contributed by atoms with Gasteiger partial charge in [-0.3, -0.25) is 9.48 Å². The maximum absolute atomic E-state index is 11.4. The highest BCUT2D eigenvalue weighted by Crippen LogP contribution is 2.06. The second-order valence-electron chi connectivity index (χ2n) is 3.22. The van der Waals surface area contributed by atoms with E-state index in [1.807, 2.05) is 6.92 Å². The Hall–Kier alpha value is -1.85. The largest absolute Gasteiger partial charge is 0.461 e. The molecule has 0 aromatic carbocycles. The Labute approximate surface area is 93.4 Å². The summed E-state index contributed by atoms with van der Waals surface area (Å²) in [5.74, 6) is -1.14. The van der Waals surface area contributed by atoms with Gasteiger partial charge in [-0.2, -0.15) is 5.10 Å². The van der Waals surface area contributed by atoms with E-state index in [2.05, 4.69) is 5.10 Å². The number of rotatable bonds is 5. The summed E-state index contributed by atoms with van der Waals surface area (Å²) in [6.45, 7) is 4.45. The van der Waals surface area contributed by atoms with Crippen molar-refractivity contribution in [1.29, 1.82) is 0 Å². The number of esters is 1. The van der Waals surface area contributed by atoms with Crippen molar-refractivity contribution in [3.05, 3.63) is 17.5 Å². The fraction of sp³-hybridized carbons (Fsp3) is 0.500. The summed E-state index contributed by atoms with van der Waals surface area (Å²) in [5.41, 5.74) is 5.52. The molecule has 1 aromatic heterocycles. The van der Waals surface area contributed by atoms with Crippen LogP contribution >= 0.6 is 0 Å². The number of hydrogen-bond acceptors (Lipinski definition) is 4. The van der Waals surface area contributed by atoms with Crippen LogP contribution in [0, 0.1) is 0 Å². The van der Waals surface area contributed by atoms with Crippen molar-refractivity contribution in [2.24, 2.45) is 5.73 Å². The Morgan fingerprint density at radius 2 is 2.19 bits per heavy atom. The molecule has 0 bridgehead atoms. The zero-order valence-corrected chi connectivity index (χ0v) is 9.40. The Kier molecular flexibility index (Phi) is 4.04. The quantitative estimate of drug-likeness (QED) is 0.742. The van der Waals surface area contributed by atoms with Crippen molar-refractivity contribution in [2.45, 2.75) is 26.8 Å². The third-order valence-electron chi connectivity index (χ3n) is 1.95. The fourth-order valence-corrected chi connectivity index (χ4v) is 1.30. The van der Waals surface area contributed by atoms with Crippen molar-refractivity contribution in [3.63, 3.8) is 0 Å². The van der Waals surface area contributed by atoms with E-state index in [0.717, 1.165) is 6.42 Å². The number of ether oxygens (including phenoxy) is 1. The van der Waals surface area contributed by atoms with Gasteiger partial charge in [0.1, 0.15) is 5.69 Å². The van der Waals surface area contributed by atoms with Gasteiger partial charge in [0.2, 0.25) is 0 Å². The summed E-state index contributed by atoms with van der Waals surface area (Å²) in [7, 11) is 0. The topological polar surface area (TPSA) is 87.2 Å². The van der Waals surface area contributed by atoms with Crippen LogP contribution in [0.25, 0.3) is 0 Å². The van der Waals surface area contributed by atoms with Crippen LogP contribution in [-0.4, -0.2) is 28.3 Å². The second-order valence-corrected chi connectivity index (χ2v) is 3.22. The van der Waals surface area contributed by atoms with Gasteiger partial charge in [-0.1, -0.05) is 6.92 Å². The third kappa shape index (κ3) is 2.59. The maximum atomic E-state index is 11.4. The molecular weight excluding hydrogens is 210 g/mol. The lowest BCUT2D eigenvalue weighted by atomic mass is 10.3. The molecule has 0 saturated heterocycles. The van der Waals surface area contributed by atoms with E-state index in [-0.39, 0.29) is 18.0 Å². The van der Waals surface area contributed by atoms with Crippen molar-refractivity contribution < 1.29 is 14.3 Å². The molecule has 0 spiro atoms. The highest BCUT2D eigenvalue weighted by molar-refractivity contribution is 5.95. The smallest absolute Gasteiger partial charge is 0.358 e. The van der Waals surface area contributed by atoms with Crippen LogP contribution in [-0.2, 0) is 11.3 Å².